The number of hydrazine groups is 1. The van der Waals surface area contributed by atoms with Crippen LogP contribution in [0.2, 0.25) is 5.02 Å². The van der Waals surface area contributed by atoms with Crippen molar-refractivity contribution < 1.29 is 0 Å². The first-order chi connectivity index (χ1) is 12.8. The zero-order valence-corrected chi connectivity index (χ0v) is 15.3. The van der Waals surface area contributed by atoms with Crippen molar-refractivity contribution in [3.8, 4) is 6.07 Å². The molecule has 26 heavy (non-hydrogen) atoms. The molecule has 0 aliphatic carbocycles. The van der Waals surface area contributed by atoms with Crippen LogP contribution in [0.15, 0.2) is 60.7 Å². The third-order valence-corrected chi connectivity index (χ3v) is 5.36. The minimum Gasteiger partial charge on any atom is -0.305 e. The minimum absolute atomic E-state index is 0.721. The average molecular weight is 362 g/mol. The Kier molecular flexibility index (Phi) is 4.79. The highest BCUT2D eigenvalue weighted by Crippen LogP contribution is 2.33. The number of hydrogen-bond acceptors (Lipinski definition) is 3. The molecule has 0 bridgehead atoms. The molecular weight excluding hydrogens is 342 g/mol. The third-order valence-electron chi connectivity index (χ3n) is 4.99. The van der Waals surface area contributed by atoms with Crippen LogP contribution >= 0.6 is 11.6 Å². The smallest absolute Gasteiger partial charge is 0.0998 e. The van der Waals surface area contributed by atoms with Crippen LogP contribution in [0.5, 0.6) is 0 Å². The second-order valence-electron chi connectivity index (χ2n) is 6.60. The van der Waals surface area contributed by atoms with Gasteiger partial charge in [0, 0.05) is 35.4 Å². The summed E-state index contributed by atoms with van der Waals surface area (Å²) in [5.74, 6) is 0. The average Bonchev–Trinajstić information content (AvgIpc) is 2.69. The van der Waals surface area contributed by atoms with E-state index in [-0.39, 0.29) is 0 Å². The van der Waals surface area contributed by atoms with Gasteiger partial charge >= 0.3 is 0 Å². The number of fused-ring (bicyclic) bond motifs is 1. The molecule has 3 aromatic carbocycles. The van der Waals surface area contributed by atoms with Gasteiger partial charge in [0.1, 0.15) is 0 Å². The van der Waals surface area contributed by atoms with E-state index in [4.69, 9.17) is 11.6 Å². The maximum atomic E-state index is 9.43. The molecule has 1 saturated heterocycles. The van der Waals surface area contributed by atoms with Gasteiger partial charge in [0.2, 0.25) is 0 Å². The largest absolute Gasteiger partial charge is 0.305 e. The van der Waals surface area contributed by atoms with Crippen molar-refractivity contribution in [2.24, 2.45) is 0 Å². The van der Waals surface area contributed by atoms with E-state index in [9.17, 15) is 5.26 Å². The maximum absolute atomic E-state index is 9.43. The molecule has 3 nitrogen and oxygen atoms in total. The fraction of sp³-hybridized carbons (Fsp3) is 0.227. The van der Waals surface area contributed by atoms with E-state index < -0.39 is 0 Å². The van der Waals surface area contributed by atoms with Crippen molar-refractivity contribution in [1.29, 1.82) is 5.26 Å². The highest BCUT2D eigenvalue weighted by Gasteiger charge is 2.23. The summed E-state index contributed by atoms with van der Waals surface area (Å²) in [4.78, 5) is 0. The van der Waals surface area contributed by atoms with Gasteiger partial charge in [-0.1, -0.05) is 54.1 Å². The quantitative estimate of drug-likeness (QED) is 0.627. The standard InChI is InChI=1S/C22H20ClN3/c23-21-10-4-1-7-18(21)16-25-13-5-6-14-26(25)22-12-11-17(15-24)19-8-2-3-9-20(19)22/h1-4,7-12H,5-6,13-14,16H2. The fourth-order valence-corrected chi connectivity index (χ4v) is 3.88. The van der Waals surface area contributed by atoms with Gasteiger partial charge < -0.3 is 5.01 Å². The molecule has 1 fully saturated rings. The Balaban J connectivity index is 1.75. The summed E-state index contributed by atoms with van der Waals surface area (Å²) >= 11 is 6.39. The molecule has 4 rings (SSSR count). The topological polar surface area (TPSA) is 30.3 Å². The Morgan fingerprint density at radius 2 is 1.62 bits per heavy atom. The van der Waals surface area contributed by atoms with Gasteiger partial charge in [-0.3, -0.25) is 0 Å². The Morgan fingerprint density at radius 3 is 2.42 bits per heavy atom. The number of rotatable bonds is 3. The van der Waals surface area contributed by atoms with Crippen LogP contribution in [0.3, 0.4) is 0 Å². The minimum atomic E-state index is 0.721. The SMILES string of the molecule is N#Cc1ccc(N2CCCCN2Cc2ccccc2Cl)c2ccccc12. The number of hydrogen-bond donors (Lipinski definition) is 0. The molecule has 4 heteroatoms. The first-order valence-corrected chi connectivity index (χ1v) is 9.33. The van der Waals surface area contributed by atoms with E-state index in [2.05, 4.69) is 34.3 Å². The lowest BCUT2D eigenvalue weighted by molar-refractivity contribution is 0.205. The van der Waals surface area contributed by atoms with Crippen molar-refractivity contribution >= 4 is 28.1 Å². The molecular formula is C22H20ClN3. The third kappa shape index (κ3) is 3.14. The molecule has 0 spiro atoms. The molecule has 0 radical (unpaired) electrons. The molecule has 0 saturated carbocycles. The van der Waals surface area contributed by atoms with E-state index in [0.717, 1.165) is 58.7 Å². The number of halogens is 1. The first kappa shape index (κ1) is 16.9. The lowest BCUT2D eigenvalue weighted by Gasteiger charge is -2.41. The second kappa shape index (κ2) is 7.37. The van der Waals surface area contributed by atoms with Crippen molar-refractivity contribution in [1.82, 2.24) is 5.01 Å². The van der Waals surface area contributed by atoms with Crippen molar-refractivity contribution in [2.75, 3.05) is 18.1 Å². The lowest BCUT2D eigenvalue weighted by Crippen LogP contribution is -2.47. The van der Waals surface area contributed by atoms with Gasteiger partial charge in [-0.05, 0) is 36.6 Å². The zero-order valence-electron chi connectivity index (χ0n) is 14.5. The van der Waals surface area contributed by atoms with E-state index in [1.54, 1.807) is 0 Å². The molecule has 0 atom stereocenters. The van der Waals surface area contributed by atoms with Gasteiger partial charge in [0.05, 0.1) is 17.3 Å². The molecule has 3 aromatic rings. The first-order valence-electron chi connectivity index (χ1n) is 8.95. The van der Waals surface area contributed by atoms with Crippen LogP contribution in [-0.2, 0) is 6.54 Å². The van der Waals surface area contributed by atoms with Crippen LogP contribution in [0, 0.1) is 11.3 Å². The molecule has 1 heterocycles. The summed E-state index contributed by atoms with van der Waals surface area (Å²) in [6, 6.07) is 22.5. The summed E-state index contributed by atoms with van der Waals surface area (Å²) < 4.78 is 0. The molecule has 0 aromatic heterocycles. The van der Waals surface area contributed by atoms with Gasteiger partial charge in [-0.25, -0.2) is 5.01 Å². The Bertz CT molecular complexity index is 977. The van der Waals surface area contributed by atoms with Gasteiger partial charge in [0.15, 0.2) is 0 Å². The Hall–Kier alpha value is -2.54. The van der Waals surface area contributed by atoms with Crippen molar-refractivity contribution in [3.63, 3.8) is 0 Å². The lowest BCUT2D eigenvalue weighted by atomic mass is 10.0. The molecule has 130 valence electrons. The summed E-state index contributed by atoms with van der Waals surface area (Å²) in [5.41, 5.74) is 3.02. The zero-order chi connectivity index (χ0) is 17.9. The summed E-state index contributed by atoms with van der Waals surface area (Å²) in [7, 11) is 0. The number of anilines is 1. The molecule has 1 aliphatic heterocycles. The van der Waals surface area contributed by atoms with E-state index in [1.165, 1.54) is 6.42 Å². The van der Waals surface area contributed by atoms with Crippen molar-refractivity contribution in [2.45, 2.75) is 19.4 Å². The highest BCUT2D eigenvalue weighted by atomic mass is 35.5. The Labute approximate surface area is 159 Å². The van der Waals surface area contributed by atoms with Gasteiger partial charge in [0.25, 0.3) is 0 Å². The summed E-state index contributed by atoms with van der Waals surface area (Å²) in [6.07, 6.45) is 2.34. The van der Waals surface area contributed by atoms with Crippen LogP contribution in [-0.4, -0.2) is 18.1 Å². The number of nitrogens with zero attached hydrogens (tertiary/aromatic N) is 3. The van der Waals surface area contributed by atoms with E-state index in [0.29, 0.717) is 0 Å². The predicted octanol–water partition coefficient (Wildman–Crippen LogP) is 5.38. The fourth-order valence-electron chi connectivity index (χ4n) is 3.68. The van der Waals surface area contributed by atoms with Crippen molar-refractivity contribution in [3.05, 3.63) is 76.8 Å². The number of benzene rings is 3. The highest BCUT2D eigenvalue weighted by molar-refractivity contribution is 6.31. The van der Waals surface area contributed by atoms with Crippen LogP contribution in [0.4, 0.5) is 5.69 Å². The molecule has 0 N–H and O–H groups in total. The number of nitriles is 1. The normalized spacial score (nSPS) is 15.2. The predicted molar refractivity (Wildman–Crippen MR) is 107 cm³/mol. The molecule has 1 aliphatic rings. The van der Waals surface area contributed by atoms with E-state index in [1.807, 2.05) is 42.5 Å². The van der Waals surface area contributed by atoms with Gasteiger partial charge in [-0.15, -0.1) is 0 Å². The molecule has 0 unspecified atom stereocenters. The maximum Gasteiger partial charge on any atom is 0.0998 e. The van der Waals surface area contributed by atoms with Gasteiger partial charge in [-0.2, -0.15) is 5.26 Å². The monoisotopic (exact) mass is 361 g/mol. The van der Waals surface area contributed by atoms with E-state index >= 15 is 0 Å². The van der Waals surface area contributed by atoms with Crippen LogP contribution in [0.1, 0.15) is 24.0 Å². The summed E-state index contributed by atoms with van der Waals surface area (Å²) in [6.45, 7) is 2.76. The summed E-state index contributed by atoms with van der Waals surface area (Å²) in [5, 5.41) is 17.1. The Morgan fingerprint density at radius 1 is 0.885 bits per heavy atom. The van der Waals surface area contributed by atoms with Crippen LogP contribution in [0.25, 0.3) is 10.8 Å². The van der Waals surface area contributed by atoms with Crippen LogP contribution < -0.4 is 5.01 Å². The second-order valence-corrected chi connectivity index (χ2v) is 7.01. The molecule has 0 amide bonds.